The van der Waals surface area contributed by atoms with E-state index in [2.05, 4.69) is 5.10 Å². The van der Waals surface area contributed by atoms with Gasteiger partial charge in [0.25, 0.3) is 10.0 Å². The number of rotatable bonds is 4. The van der Waals surface area contributed by atoms with Gasteiger partial charge in [0.2, 0.25) is 0 Å². The number of hydrogen-bond donors (Lipinski definition) is 1. The van der Waals surface area contributed by atoms with Gasteiger partial charge < -0.3 is 5.73 Å². The van der Waals surface area contributed by atoms with Crippen molar-refractivity contribution in [1.29, 1.82) is 0 Å². The summed E-state index contributed by atoms with van der Waals surface area (Å²) >= 11 is 0. The highest BCUT2D eigenvalue weighted by Crippen LogP contribution is 2.22. The van der Waals surface area contributed by atoms with Crippen LogP contribution in [-0.2, 0) is 16.6 Å². The van der Waals surface area contributed by atoms with E-state index in [0.717, 1.165) is 12.8 Å². The van der Waals surface area contributed by atoms with Crippen LogP contribution in [0.4, 0.5) is 0 Å². The number of aryl methyl sites for hydroxylation is 1. The molecule has 1 aliphatic heterocycles. The number of nitrogens with zero attached hydrogens (tertiary/aromatic N) is 3. The summed E-state index contributed by atoms with van der Waals surface area (Å²) in [6.45, 7) is 4.07. The predicted molar refractivity (Wildman–Crippen MR) is 75.7 cm³/mol. The first-order chi connectivity index (χ1) is 8.59. The number of sulfonamides is 1. The van der Waals surface area contributed by atoms with Gasteiger partial charge in [0.1, 0.15) is 0 Å². The molecule has 1 saturated heterocycles. The number of halogens is 1. The van der Waals surface area contributed by atoms with Crippen molar-refractivity contribution in [2.24, 2.45) is 11.7 Å². The third kappa shape index (κ3) is 3.28. The zero-order chi connectivity index (χ0) is 13.2. The largest absolute Gasteiger partial charge is 0.330 e. The van der Waals surface area contributed by atoms with E-state index in [4.69, 9.17) is 5.73 Å². The zero-order valence-electron chi connectivity index (χ0n) is 11.0. The fourth-order valence-electron chi connectivity index (χ4n) is 2.35. The van der Waals surface area contributed by atoms with Crippen LogP contribution in [0.3, 0.4) is 0 Å². The highest BCUT2D eigenvalue weighted by atomic mass is 35.5. The van der Waals surface area contributed by atoms with Crippen molar-refractivity contribution in [2.45, 2.75) is 31.3 Å². The standard InChI is InChI=1S/C11H20N4O2S.ClH/c1-2-15-11(5-6-13-15)18(16,17)14-7-3-4-10(8-12)9-14;/h5-6,10H,2-4,7-9,12H2,1H3;1H. The fourth-order valence-corrected chi connectivity index (χ4v) is 4.06. The van der Waals surface area contributed by atoms with E-state index < -0.39 is 10.0 Å². The maximum atomic E-state index is 12.5. The molecular weight excluding hydrogens is 288 g/mol. The first-order valence-corrected chi connectivity index (χ1v) is 7.75. The zero-order valence-corrected chi connectivity index (χ0v) is 12.7. The second kappa shape index (κ2) is 6.69. The second-order valence-corrected chi connectivity index (χ2v) is 6.48. The van der Waals surface area contributed by atoms with Crippen LogP contribution in [0.1, 0.15) is 19.8 Å². The van der Waals surface area contributed by atoms with Gasteiger partial charge in [0.15, 0.2) is 5.03 Å². The van der Waals surface area contributed by atoms with Crippen LogP contribution in [0.5, 0.6) is 0 Å². The molecule has 0 saturated carbocycles. The normalized spacial score (nSPS) is 21.1. The number of nitrogens with two attached hydrogens (primary N) is 1. The molecule has 8 heteroatoms. The maximum Gasteiger partial charge on any atom is 0.260 e. The quantitative estimate of drug-likeness (QED) is 0.887. The Labute approximate surface area is 120 Å². The van der Waals surface area contributed by atoms with Gasteiger partial charge in [-0.3, -0.25) is 4.68 Å². The third-order valence-corrected chi connectivity index (χ3v) is 5.28. The molecule has 0 bridgehead atoms. The van der Waals surface area contributed by atoms with Crippen LogP contribution in [-0.4, -0.2) is 42.1 Å². The molecule has 1 aromatic heterocycles. The van der Waals surface area contributed by atoms with Crippen molar-refractivity contribution >= 4 is 22.4 Å². The van der Waals surface area contributed by atoms with Crippen LogP contribution in [0.25, 0.3) is 0 Å². The minimum atomic E-state index is -3.43. The fraction of sp³-hybridized carbons (Fsp3) is 0.727. The van der Waals surface area contributed by atoms with Gasteiger partial charge in [-0.1, -0.05) is 0 Å². The summed E-state index contributed by atoms with van der Waals surface area (Å²) in [6.07, 6.45) is 3.41. The number of hydrogen-bond acceptors (Lipinski definition) is 4. The first-order valence-electron chi connectivity index (χ1n) is 6.31. The Morgan fingerprint density at radius 2 is 2.26 bits per heavy atom. The Bertz CT molecular complexity index is 503. The van der Waals surface area contributed by atoms with E-state index >= 15 is 0 Å². The van der Waals surface area contributed by atoms with Crippen LogP contribution in [0, 0.1) is 5.92 Å². The summed E-state index contributed by atoms with van der Waals surface area (Å²) in [5.74, 6) is 0.270. The lowest BCUT2D eigenvalue weighted by Crippen LogP contribution is -2.42. The van der Waals surface area contributed by atoms with Crippen LogP contribution >= 0.6 is 12.4 Å². The third-order valence-electron chi connectivity index (χ3n) is 3.40. The summed E-state index contributed by atoms with van der Waals surface area (Å²) in [5, 5.41) is 4.30. The monoisotopic (exact) mass is 308 g/mol. The lowest BCUT2D eigenvalue weighted by atomic mass is 10.0. The Balaban J connectivity index is 0.00000180. The Morgan fingerprint density at radius 1 is 1.53 bits per heavy atom. The van der Waals surface area contributed by atoms with Gasteiger partial charge >= 0.3 is 0 Å². The molecule has 0 radical (unpaired) electrons. The maximum absolute atomic E-state index is 12.5. The van der Waals surface area contributed by atoms with Crippen LogP contribution in [0.2, 0.25) is 0 Å². The summed E-state index contributed by atoms with van der Waals surface area (Å²) in [6, 6.07) is 1.56. The van der Waals surface area contributed by atoms with E-state index in [1.165, 1.54) is 15.2 Å². The average molecular weight is 309 g/mol. The summed E-state index contributed by atoms with van der Waals surface area (Å²) in [5.41, 5.74) is 5.64. The molecule has 1 aliphatic rings. The first kappa shape index (κ1) is 16.4. The highest BCUT2D eigenvalue weighted by molar-refractivity contribution is 7.89. The molecule has 1 atom stereocenters. The topological polar surface area (TPSA) is 81.2 Å². The molecule has 1 fully saturated rings. The Morgan fingerprint density at radius 3 is 2.89 bits per heavy atom. The molecule has 2 N–H and O–H groups in total. The predicted octanol–water partition coefficient (Wildman–Crippen LogP) is 0.684. The molecule has 2 heterocycles. The smallest absolute Gasteiger partial charge is 0.260 e. The van der Waals surface area contributed by atoms with Crippen LogP contribution < -0.4 is 5.73 Å². The van der Waals surface area contributed by atoms with Crippen molar-refractivity contribution < 1.29 is 8.42 Å². The summed E-state index contributed by atoms with van der Waals surface area (Å²) in [7, 11) is -3.43. The molecule has 0 amide bonds. The molecule has 6 nitrogen and oxygen atoms in total. The van der Waals surface area contributed by atoms with Crippen molar-refractivity contribution in [2.75, 3.05) is 19.6 Å². The van der Waals surface area contributed by atoms with Gasteiger partial charge in [-0.2, -0.15) is 9.40 Å². The molecule has 0 spiro atoms. The van der Waals surface area contributed by atoms with Crippen molar-refractivity contribution in [3.63, 3.8) is 0 Å². The summed E-state index contributed by atoms with van der Waals surface area (Å²) in [4.78, 5) is 0. The second-order valence-electron chi connectivity index (χ2n) is 4.59. The lowest BCUT2D eigenvalue weighted by molar-refractivity contribution is 0.269. The molecule has 0 aliphatic carbocycles. The molecule has 19 heavy (non-hydrogen) atoms. The minimum absolute atomic E-state index is 0. The Hall–Kier alpha value is -0.630. The Kier molecular flexibility index (Phi) is 5.79. The van der Waals surface area contributed by atoms with E-state index in [0.29, 0.717) is 26.2 Å². The molecular formula is C11H21ClN4O2S. The molecule has 1 aromatic rings. The SMILES string of the molecule is CCn1nccc1S(=O)(=O)N1CCCC(CN)C1.Cl. The summed E-state index contributed by atoms with van der Waals surface area (Å²) < 4.78 is 28.1. The molecule has 110 valence electrons. The van der Waals surface area contributed by atoms with Gasteiger partial charge in [-0.05, 0) is 38.3 Å². The van der Waals surface area contributed by atoms with E-state index in [-0.39, 0.29) is 23.4 Å². The molecule has 1 unspecified atom stereocenters. The van der Waals surface area contributed by atoms with Gasteiger partial charge in [0, 0.05) is 19.6 Å². The molecule has 2 rings (SSSR count). The van der Waals surface area contributed by atoms with Crippen molar-refractivity contribution in [3.05, 3.63) is 12.3 Å². The van der Waals surface area contributed by atoms with Gasteiger partial charge in [-0.15, -0.1) is 12.4 Å². The molecule has 0 aromatic carbocycles. The van der Waals surface area contributed by atoms with Crippen molar-refractivity contribution in [1.82, 2.24) is 14.1 Å². The average Bonchev–Trinajstić information content (AvgIpc) is 2.88. The van der Waals surface area contributed by atoms with E-state index in [9.17, 15) is 8.42 Å². The van der Waals surface area contributed by atoms with Crippen molar-refractivity contribution in [3.8, 4) is 0 Å². The van der Waals surface area contributed by atoms with E-state index in [1.54, 1.807) is 6.07 Å². The van der Waals surface area contributed by atoms with Crippen LogP contribution in [0.15, 0.2) is 17.3 Å². The highest BCUT2D eigenvalue weighted by Gasteiger charge is 2.31. The lowest BCUT2D eigenvalue weighted by Gasteiger charge is -2.31. The minimum Gasteiger partial charge on any atom is -0.330 e. The van der Waals surface area contributed by atoms with E-state index in [1.807, 2.05) is 6.92 Å². The number of piperidine rings is 1. The number of aromatic nitrogens is 2. The van der Waals surface area contributed by atoms with Gasteiger partial charge in [0.05, 0.1) is 6.20 Å². The van der Waals surface area contributed by atoms with Gasteiger partial charge in [-0.25, -0.2) is 8.42 Å².